The average molecular weight is 422 g/mol. The minimum Gasteiger partial charge on any atom is -0.368 e. The summed E-state index contributed by atoms with van der Waals surface area (Å²) in [5.41, 5.74) is 3.61. The fourth-order valence-corrected chi connectivity index (χ4v) is 4.60. The summed E-state index contributed by atoms with van der Waals surface area (Å²) in [4.78, 5) is 30.5. The summed E-state index contributed by atoms with van der Waals surface area (Å²) >= 11 is 0. The monoisotopic (exact) mass is 421 g/mol. The van der Waals surface area contributed by atoms with Crippen LogP contribution < -0.4 is 20.4 Å². The van der Waals surface area contributed by atoms with E-state index in [1.54, 1.807) is 21.8 Å². The number of amides is 2. The second kappa shape index (κ2) is 7.45. The number of nitrogens with zero attached hydrogens (tertiary/aromatic N) is 7. The molecule has 2 amide bonds. The van der Waals surface area contributed by atoms with Gasteiger partial charge in [-0.2, -0.15) is 10.1 Å². The molecule has 0 bridgehead atoms. The maximum Gasteiger partial charge on any atom is 0.327 e. The van der Waals surface area contributed by atoms with Crippen molar-refractivity contribution in [3.63, 3.8) is 0 Å². The van der Waals surface area contributed by atoms with Crippen molar-refractivity contribution in [2.45, 2.75) is 46.2 Å². The van der Waals surface area contributed by atoms with E-state index in [2.05, 4.69) is 55.5 Å². The van der Waals surface area contributed by atoms with Crippen molar-refractivity contribution < 1.29 is 4.79 Å². The molecule has 10 nitrogen and oxygen atoms in total. The predicted octanol–water partition coefficient (Wildman–Crippen LogP) is 1.92. The number of fused-ring (bicyclic) bond motifs is 2. The number of piperazine rings is 1. The predicted molar refractivity (Wildman–Crippen MR) is 119 cm³/mol. The van der Waals surface area contributed by atoms with E-state index in [0.29, 0.717) is 41.6 Å². The number of anilines is 3. The third-order valence-electron chi connectivity index (χ3n) is 5.86. The van der Waals surface area contributed by atoms with E-state index in [-0.39, 0.29) is 6.03 Å². The van der Waals surface area contributed by atoms with Crippen LogP contribution in [0.3, 0.4) is 0 Å². The minimum atomic E-state index is -0.216. The maximum absolute atomic E-state index is 13.1. The lowest BCUT2D eigenvalue weighted by Gasteiger charge is -2.38. The molecular formula is C21H27N9O. The van der Waals surface area contributed by atoms with Crippen molar-refractivity contribution in [2.24, 2.45) is 0 Å². The largest absolute Gasteiger partial charge is 0.368 e. The van der Waals surface area contributed by atoms with E-state index in [1.807, 2.05) is 13.8 Å². The summed E-state index contributed by atoms with van der Waals surface area (Å²) in [5.74, 6) is 1.89. The fraction of sp³-hybridized carbons (Fsp3) is 0.476. The SMILES string of the molecule is Cc1nc2nc(C)c(NC(=O)N3CCc4c(N5C[C@@H](C)N[C@@H](C)C5)ccnc43)cn2n1. The van der Waals surface area contributed by atoms with Crippen LogP contribution in [0.15, 0.2) is 18.5 Å². The quantitative estimate of drug-likeness (QED) is 0.651. The molecule has 0 aromatic carbocycles. The second-order valence-electron chi connectivity index (χ2n) is 8.48. The number of carbonyl (C=O) groups excluding carboxylic acids is 1. The van der Waals surface area contributed by atoms with Crippen LogP contribution in [0.25, 0.3) is 5.78 Å². The average Bonchev–Trinajstić information content (AvgIpc) is 3.29. The summed E-state index contributed by atoms with van der Waals surface area (Å²) in [6.45, 7) is 10.5. The third kappa shape index (κ3) is 3.56. The number of aryl methyl sites for hydroxylation is 2. The highest BCUT2D eigenvalue weighted by molar-refractivity contribution is 6.03. The molecule has 0 saturated carbocycles. The van der Waals surface area contributed by atoms with Crippen LogP contribution in [0.4, 0.5) is 22.0 Å². The van der Waals surface area contributed by atoms with Crippen LogP contribution in [-0.4, -0.2) is 62.3 Å². The first kappa shape index (κ1) is 19.7. The van der Waals surface area contributed by atoms with Crippen LogP contribution in [0.2, 0.25) is 0 Å². The zero-order valence-electron chi connectivity index (χ0n) is 18.3. The van der Waals surface area contributed by atoms with Gasteiger partial charge in [-0.15, -0.1) is 0 Å². The zero-order chi connectivity index (χ0) is 21.7. The van der Waals surface area contributed by atoms with Gasteiger partial charge < -0.3 is 15.5 Å². The number of hydrogen-bond donors (Lipinski definition) is 2. The van der Waals surface area contributed by atoms with Gasteiger partial charge >= 0.3 is 6.03 Å². The number of aromatic nitrogens is 5. The number of hydrogen-bond acceptors (Lipinski definition) is 7. The van der Waals surface area contributed by atoms with Crippen LogP contribution in [0.1, 0.15) is 30.9 Å². The Kier molecular flexibility index (Phi) is 4.73. The number of urea groups is 1. The number of nitrogens with one attached hydrogen (secondary N) is 2. The van der Waals surface area contributed by atoms with E-state index < -0.39 is 0 Å². The van der Waals surface area contributed by atoms with Gasteiger partial charge in [0, 0.05) is 49.2 Å². The second-order valence-corrected chi connectivity index (χ2v) is 8.48. The molecule has 2 aliphatic heterocycles. The molecule has 3 aromatic heterocycles. The number of carbonyl (C=O) groups is 1. The minimum absolute atomic E-state index is 0.216. The molecule has 10 heteroatoms. The van der Waals surface area contributed by atoms with Crippen LogP contribution in [0.5, 0.6) is 0 Å². The van der Waals surface area contributed by atoms with E-state index in [1.165, 1.54) is 5.69 Å². The van der Waals surface area contributed by atoms with E-state index in [4.69, 9.17) is 0 Å². The van der Waals surface area contributed by atoms with Crippen molar-refractivity contribution in [2.75, 3.05) is 34.8 Å². The summed E-state index contributed by atoms with van der Waals surface area (Å²) in [5, 5.41) is 10.8. The first-order valence-electron chi connectivity index (χ1n) is 10.7. The summed E-state index contributed by atoms with van der Waals surface area (Å²) in [6.07, 6.45) is 4.34. The molecule has 2 atom stereocenters. The molecule has 0 unspecified atom stereocenters. The summed E-state index contributed by atoms with van der Waals surface area (Å²) in [6, 6.07) is 2.69. The standard InChI is InChI=1S/C21H27N9O/c1-12-9-28(10-13(2)23-12)18-5-7-22-19-16(18)6-8-29(19)21(31)26-17-11-30-20(24-14(17)3)25-15(4)27-30/h5,7,11-13,23H,6,8-10H2,1-4H3,(H,26,31)/t12-,13+. The Bertz CT molecular complexity index is 1150. The third-order valence-corrected chi connectivity index (χ3v) is 5.86. The molecule has 0 spiro atoms. The van der Waals surface area contributed by atoms with Gasteiger partial charge in [-0.25, -0.2) is 19.3 Å². The highest BCUT2D eigenvalue weighted by Crippen LogP contribution is 2.35. The van der Waals surface area contributed by atoms with Gasteiger partial charge in [0.2, 0.25) is 0 Å². The Morgan fingerprint density at radius 3 is 2.74 bits per heavy atom. The normalized spacial score (nSPS) is 20.9. The highest BCUT2D eigenvalue weighted by Gasteiger charge is 2.31. The maximum atomic E-state index is 13.1. The van der Waals surface area contributed by atoms with Crippen molar-refractivity contribution in [1.82, 2.24) is 29.9 Å². The van der Waals surface area contributed by atoms with Crippen LogP contribution in [0, 0.1) is 13.8 Å². The summed E-state index contributed by atoms with van der Waals surface area (Å²) < 4.78 is 1.58. The lowest BCUT2D eigenvalue weighted by molar-refractivity contribution is 0.257. The molecule has 5 heterocycles. The topological polar surface area (TPSA) is 104 Å². The van der Waals surface area contributed by atoms with Gasteiger partial charge in [-0.1, -0.05) is 0 Å². The first-order valence-corrected chi connectivity index (χ1v) is 10.7. The Morgan fingerprint density at radius 1 is 1.19 bits per heavy atom. The van der Waals surface area contributed by atoms with Gasteiger partial charge in [-0.3, -0.25) is 4.90 Å². The Balaban J connectivity index is 1.40. The van der Waals surface area contributed by atoms with Gasteiger partial charge in [0.25, 0.3) is 5.78 Å². The number of rotatable bonds is 2. The van der Waals surface area contributed by atoms with Gasteiger partial charge in [-0.05, 0) is 40.2 Å². The van der Waals surface area contributed by atoms with Crippen molar-refractivity contribution in [1.29, 1.82) is 0 Å². The van der Waals surface area contributed by atoms with Crippen LogP contribution >= 0.6 is 0 Å². The first-order chi connectivity index (χ1) is 14.9. The Labute approximate surface area is 180 Å². The smallest absolute Gasteiger partial charge is 0.327 e. The molecular weight excluding hydrogens is 394 g/mol. The molecule has 0 aliphatic carbocycles. The molecule has 0 radical (unpaired) electrons. The highest BCUT2D eigenvalue weighted by atomic mass is 16.2. The molecule has 1 fully saturated rings. The lowest BCUT2D eigenvalue weighted by atomic mass is 10.1. The van der Waals surface area contributed by atoms with Gasteiger partial charge in [0.05, 0.1) is 17.6 Å². The van der Waals surface area contributed by atoms with E-state index in [9.17, 15) is 4.79 Å². The Morgan fingerprint density at radius 2 is 1.97 bits per heavy atom. The van der Waals surface area contributed by atoms with Gasteiger partial charge in [0.15, 0.2) is 0 Å². The lowest BCUT2D eigenvalue weighted by Crippen LogP contribution is -2.54. The van der Waals surface area contributed by atoms with Crippen molar-refractivity contribution in [3.05, 3.63) is 35.5 Å². The summed E-state index contributed by atoms with van der Waals surface area (Å²) in [7, 11) is 0. The van der Waals surface area contributed by atoms with Crippen LogP contribution in [-0.2, 0) is 6.42 Å². The molecule has 31 heavy (non-hydrogen) atoms. The molecule has 5 rings (SSSR count). The Hall–Kier alpha value is -3.27. The van der Waals surface area contributed by atoms with E-state index >= 15 is 0 Å². The molecule has 2 N–H and O–H groups in total. The molecule has 1 saturated heterocycles. The fourth-order valence-electron chi connectivity index (χ4n) is 4.60. The molecule has 162 valence electrons. The van der Waals surface area contributed by atoms with E-state index in [0.717, 1.165) is 30.9 Å². The van der Waals surface area contributed by atoms with Crippen molar-refractivity contribution in [3.8, 4) is 0 Å². The number of pyridine rings is 1. The molecule has 3 aromatic rings. The molecule has 2 aliphatic rings. The van der Waals surface area contributed by atoms with Gasteiger partial charge in [0.1, 0.15) is 11.6 Å². The zero-order valence-corrected chi connectivity index (χ0v) is 18.3. The van der Waals surface area contributed by atoms with Crippen molar-refractivity contribution >= 4 is 29.0 Å².